The van der Waals surface area contributed by atoms with Gasteiger partial charge < -0.3 is 10.1 Å². The highest BCUT2D eigenvalue weighted by Crippen LogP contribution is 2.21. The van der Waals surface area contributed by atoms with Gasteiger partial charge in [-0.3, -0.25) is 0 Å². The maximum Gasteiger partial charge on any atom is 0.191 e. The number of halogens is 2. The Morgan fingerprint density at radius 2 is 2.00 bits per heavy atom. The highest BCUT2D eigenvalue weighted by atomic mass is 19.1. The molecule has 1 aromatic rings. The first-order valence-electron chi connectivity index (χ1n) is 5.63. The van der Waals surface area contributed by atoms with Gasteiger partial charge in [-0.1, -0.05) is 12.6 Å². The first-order valence-corrected chi connectivity index (χ1v) is 5.63. The standard InChI is InChI=1S/C13H15F2NO/c1-9(7-16-10-5-6-10)8-17-13-11(14)3-2-4-12(13)15/h2-4,10,16H,1,5-8H2. The van der Waals surface area contributed by atoms with E-state index < -0.39 is 11.6 Å². The number of rotatable bonds is 6. The monoisotopic (exact) mass is 239 g/mol. The Morgan fingerprint density at radius 1 is 1.35 bits per heavy atom. The Hall–Kier alpha value is -1.42. The summed E-state index contributed by atoms with van der Waals surface area (Å²) >= 11 is 0. The number of para-hydroxylation sites is 1. The summed E-state index contributed by atoms with van der Waals surface area (Å²) in [5.74, 6) is -1.71. The van der Waals surface area contributed by atoms with Gasteiger partial charge in [0.2, 0.25) is 0 Å². The molecule has 0 amide bonds. The molecule has 2 nitrogen and oxygen atoms in total. The molecule has 0 unspecified atom stereocenters. The smallest absolute Gasteiger partial charge is 0.191 e. The van der Waals surface area contributed by atoms with Crippen molar-refractivity contribution in [3.63, 3.8) is 0 Å². The van der Waals surface area contributed by atoms with Crippen molar-refractivity contribution in [1.82, 2.24) is 5.32 Å². The zero-order chi connectivity index (χ0) is 12.3. The summed E-state index contributed by atoms with van der Waals surface area (Å²) in [5.41, 5.74) is 0.777. The topological polar surface area (TPSA) is 21.3 Å². The van der Waals surface area contributed by atoms with Gasteiger partial charge in [-0.2, -0.15) is 0 Å². The normalized spacial score (nSPS) is 14.7. The van der Waals surface area contributed by atoms with E-state index in [9.17, 15) is 8.78 Å². The number of hydrogen-bond acceptors (Lipinski definition) is 2. The first kappa shape index (κ1) is 12.0. The van der Waals surface area contributed by atoms with Crippen molar-refractivity contribution < 1.29 is 13.5 Å². The summed E-state index contributed by atoms with van der Waals surface area (Å²) in [5, 5.41) is 3.25. The molecule has 0 aliphatic heterocycles. The van der Waals surface area contributed by atoms with E-state index in [0.717, 1.165) is 5.57 Å². The lowest BCUT2D eigenvalue weighted by Gasteiger charge is -2.10. The van der Waals surface area contributed by atoms with Crippen molar-refractivity contribution in [3.05, 3.63) is 42.0 Å². The molecule has 0 aromatic heterocycles. The lowest BCUT2D eigenvalue weighted by Crippen LogP contribution is -2.21. The largest absolute Gasteiger partial charge is 0.483 e. The van der Waals surface area contributed by atoms with E-state index in [0.29, 0.717) is 12.6 Å². The fourth-order valence-corrected chi connectivity index (χ4v) is 1.42. The van der Waals surface area contributed by atoms with E-state index in [1.807, 2.05) is 0 Å². The molecule has 0 bridgehead atoms. The molecule has 2 rings (SSSR count). The molecule has 0 atom stereocenters. The minimum Gasteiger partial charge on any atom is -0.483 e. The van der Waals surface area contributed by atoms with Gasteiger partial charge in [-0.05, 0) is 30.5 Å². The van der Waals surface area contributed by atoms with Crippen LogP contribution in [0.25, 0.3) is 0 Å². The fourth-order valence-electron chi connectivity index (χ4n) is 1.42. The van der Waals surface area contributed by atoms with Crippen LogP contribution in [0.3, 0.4) is 0 Å². The SMILES string of the molecule is C=C(CNC1CC1)COc1c(F)cccc1F. The average Bonchev–Trinajstić information content (AvgIpc) is 3.09. The Labute approximate surface area is 99.3 Å². The predicted octanol–water partition coefficient (Wildman–Crippen LogP) is 2.65. The fraction of sp³-hybridized carbons (Fsp3) is 0.385. The highest BCUT2D eigenvalue weighted by Gasteiger charge is 2.20. The van der Waals surface area contributed by atoms with Crippen LogP contribution in [-0.4, -0.2) is 19.2 Å². The molecule has 4 heteroatoms. The van der Waals surface area contributed by atoms with E-state index in [-0.39, 0.29) is 12.4 Å². The van der Waals surface area contributed by atoms with E-state index >= 15 is 0 Å². The van der Waals surface area contributed by atoms with Crippen LogP contribution >= 0.6 is 0 Å². The molecule has 1 aliphatic rings. The minimum atomic E-state index is -0.687. The molecule has 0 heterocycles. The summed E-state index contributed by atoms with van der Waals surface area (Å²) in [6, 6.07) is 4.23. The van der Waals surface area contributed by atoms with Crippen LogP contribution in [0, 0.1) is 11.6 Å². The third-order valence-corrected chi connectivity index (χ3v) is 2.56. The number of ether oxygens (including phenoxy) is 1. The second-order valence-corrected chi connectivity index (χ2v) is 4.24. The second kappa shape index (κ2) is 5.27. The van der Waals surface area contributed by atoms with Crippen molar-refractivity contribution in [2.24, 2.45) is 0 Å². The van der Waals surface area contributed by atoms with Crippen LogP contribution in [0.5, 0.6) is 5.75 Å². The molecule has 1 aliphatic carbocycles. The Balaban J connectivity index is 1.81. The Bertz CT molecular complexity index is 396. The Kier molecular flexibility index (Phi) is 3.74. The maximum atomic E-state index is 13.2. The molecule has 1 fully saturated rings. The number of nitrogens with one attached hydrogen (secondary N) is 1. The lowest BCUT2D eigenvalue weighted by atomic mass is 10.3. The van der Waals surface area contributed by atoms with Crippen molar-refractivity contribution in [1.29, 1.82) is 0 Å². The molecule has 17 heavy (non-hydrogen) atoms. The van der Waals surface area contributed by atoms with Gasteiger partial charge >= 0.3 is 0 Å². The zero-order valence-electron chi connectivity index (χ0n) is 9.51. The summed E-state index contributed by atoms with van der Waals surface area (Å²) in [6.45, 7) is 4.54. The molecule has 0 saturated heterocycles. The van der Waals surface area contributed by atoms with Gasteiger partial charge in [0.15, 0.2) is 17.4 Å². The van der Waals surface area contributed by atoms with Gasteiger partial charge in [0.25, 0.3) is 0 Å². The molecular weight excluding hydrogens is 224 g/mol. The van der Waals surface area contributed by atoms with Crippen LogP contribution in [-0.2, 0) is 0 Å². The van der Waals surface area contributed by atoms with Crippen LogP contribution in [0.2, 0.25) is 0 Å². The van der Waals surface area contributed by atoms with Gasteiger partial charge in [0.05, 0.1) is 0 Å². The molecule has 1 saturated carbocycles. The van der Waals surface area contributed by atoms with Gasteiger partial charge in [-0.25, -0.2) is 8.78 Å². The van der Waals surface area contributed by atoms with E-state index in [2.05, 4.69) is 11.9 Å². The summed E-state index contributed by atoms with van der Waals surface area (Å²) < 4.78 is 31.5. The third-order valence-electron chi connectivity index (χ3n) is 2.56. The van der Waals surface area contributed by atoms with Crippen LogP contribution < -0.4 is 10.1 Å². The molecule has 1 aromatic carbocycles. The van der Waals surface area contributed by atoms with Crippen LogP contribution in [0.15, 0.2) is 30.4 Å². The quantitative estimate of drug-likeness (QED) is 0.770. The first-order chi connectivity index (χ1) is 8.16. The zero-order valence-corrected chi connectivity index (χ0v) is 9.51. The number of hydrogen-bond donors (Lipinski definition) is 1. The Morgan fingerprint density at radius 3 is 2.59 bits per heavy atom. The highest BCUT2D eigenvalue weighted by molar-refractivity contribution is 5.26. The molecule has 1 N–H and O–H groups in total. The average molecular weight is 239 g/mol. The van der Waals surface area contributed by atoms with Crippen molar-refractivity contribution in [3.8, 4) is 5.75 Å². The minimum absolute atomic E-state index is 0.123. The van der Waals surface area contributed by atoms with Gasteiger partial charge in [-0.15, -0.1) is 0 Å². The molecule has 92 valence electrons. The van der Waals surface area contributed by atoms with E-state index in [1.165, 1.54) is 31.0 Å². The van der Waals surface area contributed by atoms with Crippen molar-refractivity contribution in [2.75, 3.05) is 13.2 Å². The third kappa shape index (κ3) is 3.53. The van der Waals surface area contributed by atoms with Crippen LogP contribution in [0.4, 0.5) is 8.78 Å². The summed E-state index contributed by atoms with van der Waals surface area (Å²) in [6.07, 6.45) is 2.38. The lowest BCUT2D eigenvalue weighted by molar-refractivity contribution is 0.310. The van der Waals surface area contributed by atoms with Crippen molar-refractivity contribution >= 4 is 0 Å². The predicted molar refractivity (Wildman–Crippen MR) is 62.0 cm³/mol. The van der Waals surface area contributed by atoms with E-state index in [4.69, 9.17) is 4.74 Å². The summed E-state index contributed by atoms with van der Waals surface area (Å²) in [4.78, 5) is 0. The maximum absolute atomic E-state index is 13.2. The van der Waals surface area contributed by atoms with Gasteiger partial charge in [0.1, 0.15) is 6.61 Å². The summed E-state index contributed by atoms with van der Waals surface area (Å²) in [7, 11) is 0. The van der Waals surface area contributed by atoms with Gasteiger partial charge in [0, 0.05) is 12.6 Å². The molecule has 0 radical (unpaired) electrons. The molecular formula is C13H15F2NO. The van der Waals surface area contributed by atoms with Crippen LogP contribution in [0.1, 0.15) is 12.8 Å². The second-order valence-electron chi connectivity index (χ2n) is 4.24. The van der Waals surface area contributed by atoms with Crippen molar-refractivity contribution in [2.45, 2.75) is 18.9 Å². The number of benzene rings is 1. The van der Waals surface area contributed by atoms with E-state index in [1.54, 1.807) is 0 Å². The molecule has 0 spiro atoms.